The van der Waals surface area contributed by atoms with Gasteiger partial charge in [-0.25, -0.2) is 4.79 Å². The lowest BCUT2D eigenvalue weighted by Crippen LogP contribution is -2.44. The molecule has 1 atom stereocenters. The summed E-state index contributed by atoms with van der Waals surface area (Å²) in [6.07, 6.45) is 0. The maximum Gasteiger partial charge on any atom is 0.319 e. The molecule has 0 saturated heterocycles. The van der Waals surface area contributed by atoms with Crippen LogP contribution in [0.1, 0.15) is 10.9 Å². The van der Waals surface area contributed by atoms with Crippen LogP contribution in [0, 0.1) is 0 Å². The smallest absolute Gasteiger partial charge is 0.319 e. The standard InChI is InChI=1S/C13H15N3O3S/c1-19-5-4-16-7-8-10(12(16)17)11(15-13(18)14-8)9-3-2-6-20-9/h2-3,6,11H,4-5,7H2,1H3,(H2,14,15,18)/t11-/m1/s1. The number of carbonyl (C=O) groups excluding carboxylic acids is 2. The number of ether oxygens (including phenoxy) is 1. The highest BCUT2D eigenvalue weighted by molar-refractivity contribution is 7.10. The van der Waals surface area contributed by atoms with Crippen LogP contribution in [0.15, 0.2) is 28.8 Å². The molecule has 0 fully saturated rings. The fourth-order valence-corrected chi connectivity index (χ4v) is 3.26. The summed E-state index contributed by atoms with van der Waals surface area (Å²) in [5, 5.41) is 7.50. The zero-order chi connectivity index (χ0) is 14.1. The van der Waals surface area contributed by atoms with Crippen molar-refractivity contribution >= 4 is 23.3 Å². The fraction of sp³-hybridized carbons (Fsp3) is 0.385. The Morgan fingerprint density at radius 2 is 2.35 bits per heavy atom. The Bertz CT molecular complexity index is 567. The molecule has 0 unspecified atom stereocenters. The first kappa shape index (κ1) is 13.1. The van der Waals surface area contributed by atoms with E-state index in [4.69, 9.17) is 4.74 Å². The van der Waals surface area contributed by atoms with Gasteiger partial charge in [0, 0.05) is 18.5 Å². The van der Waals surface area contributed by atoms with Crippen LogP contribution in [-0.2, 0) is 9.53 Å². The number of thiophene rings is 1. The van der Waals surface area contributed by atoms with E-state index in [0.29, 0.717) is 31.0 Å². The van der Waals surface area contributed by atoms with E-state index >= 15 is 0 Å². The van der Waals surface area contributed by atoms with Crippen molar-refractivity contribution in [3.63, 3.8) is 0 Å². The maximum atomic E-state index is 12.5. The Hall–Kier alpha value is -1.86. The molecule has 20 heavy (non-hydrogen) atoms. The molecule has 0 aromatic carbocycles. The zero-order valence-electron chi connectivity index (χ0n) is 11.0. The SMILES string of the molecule is COCCN1CC2=C(C1=O)[C@@H](c1cccs1)NC(=O)N2. The van der Waals surface area contributed by atoms with Crippen LogP contribution in [0.5, 0.6) is 0 Å². The Balaban J connectivity index is 1.88. The first-order chi connectivity index (χ1) is 9.70. The first-order valence-electron chi connectivity index (χ1n) is 6.33. The molecule has 1 aromatic heterocycles. The highest BCUT2D eigenvalue weighted by Crippen LogP contribution is 2.34. The summed E-state index contributed by atoms with van der Waals surface area (Å²) >= 11 is 1.53. The number of carbonyl (C=O) groups is 2. The van der Waals surface area contributed by atoms with Gasteiger partial charge in [0.25, 0.3) is 5.91 Å². The Labute approximate surface area is 120 Å². The number of hydrogen-bond acceptors (Lipinski definition) is 4. The summed E-state index contributed by atoms with van der Waals surface area (Å²) in [5.74, 6) is -0.0389. The lowest BCUT2D eigenvalue weighted by molar-refractivity contribution is -0.126. The quantitative estimate of drug-likeness (QED) is 0.864. The Morgan fingerprint density at radius 1 is 1.50 bits per heavy atom. The van der Waals surface area contributed by atoms with Crippen molar-refractivity contribution in [2.45, 2.75) is 6.04 Å². The van der Waals surface area contributed by atoms with E-state index in [1.54, 1.807) is 12.0 Å². The van der Waals surface area contributed by atoms with Crippen molar-refractivity contribution in [2.75, 3.05) is 26.8 Å². The molecule has 0 bridgehead atoms. The second-order valence-electron chi connectivity index (χ2n) is 4.66. The van der Waals surface area contributed by atoms with Crippen molar-refractivity contribution in [3.8, 4) is 0 Å². The molecule has 106 valence electrons. The van der Waals surface area contributed by atoms with Crippen LogP contribution in [0.3, 0.4) is 0 Å². The largest absolute Gasteiger partial charge is 0.383 e. The molecule has 2 aliphatic rings. The number of hydrogen-bond donors (Lipinski definition) is 2. The van der Waals surface area contributed by atoms with Gasteiger partial charge in [-0.2, -0.15) is 0 Å². The van der Waals surface area contributed by atoms with Gasteiger partial charge in [-0.15, -0.1) is 11.3 Å². The molecule has 7 heteroatoms. The Morgan fingerprint density at radius 3 is 3.05 bits per heavy atom. The molecule has 2 N–H and O–H groups in total. The molecule has 6 nitrogen and oxygen atoms in total. The molecule has 3 heterocycles. The third-order valence-electron chi connectivity index (χ3n) is 3.41. The van der Waals surface area contributed by atoms with Gasteiger partial charge in [-0.3, -0.25) is 4.79 Å². The van der Waals surface area contributed by atoms with E-state index in [0.717, 1.165) is 4.88 Å². The van der Waals surface area contributed by atoms with Gasteiger partial charge >= 0.3 is 6.03 Å². The average molecular weight is 293 g/mol. The minimum Gasteiger partial charge on any atom is -0.383 e. The molecule has 0 radical (unpaired) electrons. The fourth-order valence-electron chi connectivity index (χ4n) is 2.48. The van der Waals surface area contributed by atoms with E-state index in [1.807, 2.05) is 17.5 Å². The number of amides is 3. The average Bonchev–Trinajstić information content (AvgIpc) is 3.04. The minimum atomic E-state index is -0.348. The summed E-state index contributed by atoms with van der Waals surface area (Å²) in [7, 11) is 1.60. The second-order valence-corrected chi connectivity index (χ2v) is 5.64. The molecule has 3 amide bonds. The van der Waals surface area contributed by atoms with E-state index in [2.05, 4.69) is 10.6 Å². The third-order valence-corrected chi connectivity index (χ3v) is 4.35. The summed E-state index contributed by atoms with van der Waals surface area (Å²) in [6, 6.07) is 3.23. The van der Waals surface area contributed by atoms with Gasteiger partial charge < -0.3 is 20.3 Å². The van der Waals surface area contributed by atoms with Gasteiger partial charge in [-0.05, 0) is 11.4 Å². The van der Waals surface area contributed by atoms with Crippen molar-refractivity contribution in [2.24, 2.45) is 0 Å². The van der Waals surface area contributed by atoms with Gasteiger partial charge in [0.1, 0.15) is 0 Å². The number of methoxy groups -OCH3 is 1. The number of urea groups is 1. The first-order valence-corrected chi connectivity index (χ1v) is 7.21. The van der Waals surface area contributed by atoms with Crippen molar-refractivity contribution in [3.05, 3.63) is 33.7 Å². The van der Waals surface area contributed by atoms with Crippen LogP contribution in [0.4, 0.5) is 4.79 Å². The molecular formula is C13H15N3O3S. The van der Waals surface area contributed by atoms with E-state index in [9.17, 15) is 9.59 Å². The van der Waals surface area contributed by atoms with Gasteiger partial charge in [0.2, 0.25) is 0 Å². The minimum absolute atomic E-state index is 0.0389. The molecule has 0 aliphatic carbocycles. The van der Waals surface area contributed by atoms with Crippen LogP contribution < -0.4 is 10.6 Å². The molecule has 3 rings (SSSR count). The summed E-state index contributed by atoms with van der Waals surface area (Å²) in [6.45, 7) is 1.44. The van der Waals surface area contributed by atoms with E-state index in [-0.39, 0.29) is 18.0 Å². The molecule has 1 aromatic rings. The lowest BCUT2D eigenvalue weighted by atomic mass is 10.0. The van der Waals surface area contributed by atoms with E-state index < -0.39 is 0 Å². The molecule has 2 aliphatic heterocycles. The summed E-state index contributed by atoms with van der Waals surface area (Å²) in [4.78, 5) is 26.9. The monoisotopic (exact) mass is 293 g/mol. The maximum absolute atomic E-state index is 12.5. The van der Waals surface area contributed by atoms with Gasteiger partial charge in [0.15, 0.2) is 0 Å². The van der Waals surface area contributed by atoms with Crippen molar-refractivity contribution in [1.82, 2.24) is 15.5 Å². The Kier molecular flexibility index (Phi) is 3.45. The van der Waals surface area contributed by atoms with Crippen LogP contribution in [-0.4, -0.2) is 43.6 Å². The van der Waals surface area contributed by atoms with Crippen molar-refractivity contribution in [1.29, 1.82) is 0 Å². The highest BCUT2D eigenvalue weighted by atomic mass is 32.1. The van der Waals surface area contributed by atoms with Crippen molar-refractivity contribution < 1.29 is 14.3 Å². The van der Waals surface area contributed by atoms with Crippen LogP contribution in [0.2, 0.25) is 0 Å². The predicted octanol–water partition coefficient (Wildman–Crippen LogP) is 0.845. The van der Waals surface area contributed by atoms with Gasteiger partial charge in [0.05, 0.1) is 30.5 Å². The lowest BCUT2D eigenvalue weighted by Gasteiger charge is -2.24. The summed E-state index contributed by atoms with van der Waals surface area (Å²) in [5.41, 5.74) is 1.34. The molecule has 0 saturated carbocycles. The summed E-state index contributed by atoms with van der Waals surface area (Å²) < 4.78 is 5.01. The van der Waals surface area contributed by atoms with E-state index in [1.165, 1.54) is 11.3 Å². The number of nitrogens with zero attached hydrogens (tertiary/aromatic N) is 1. The number of nitrogens with one attached hydrogen (secondary N) is 2. The highest BCUT2D eigenvalue weighted by Gasteiger charge is 2.40. The number of rotatable bonds is 4. The third kappa shape index (κ3) is 2.19. The molecular weight excluding hydrogens is 278 g/mol. The topological polar surface area (TPSA) is 70.7 Å². The van der Waals surface area contributed by atoms with Crippen LogP contribution in [0.25, 0.3) is 0 Å². The van der Waals surface area contributed by atoms with Crippen LogP contribution >= 0.6 is 11.3 Å². The molecule has 0 spiro atoms. The van der Waals surface area contributed by atoms with Gasteiger partial charge in [-0.1, -0.05) is 6.07 Å². The second kappa shape index (κ2) is 5.26. The zero-order valence-corrected chi connectivity index (χ0v) is 11.8. The predicted molar refractivity (Wildman–Crippen MR) is 74.2 cm³/mol. The normalized spacial score (nSPS) is 21.9.